The zero-order valence-corrected chi connectivity index (χ0v) is 18.8. The van der Waals surface area contributed by atoms with Crippen LogP contribution in [0.1, 0.15) is 60.8 Å². The van der Waals surface area contributed by atoms with Crippen LogP contribution in [0, 0.1) is 0 Å². The molecule has 0 heterocycles. The first-order chi connectivity index (χ1) is 14.2. The lowest BCUT2D eigenvalue weighted by molar-refractivity contribution is -0.155. The summed E-state index contributed by atoms with van der Waals surface area (Å²) in [4.78, 5) is 51.7. The summed E-state index contributed by atoms with van der Waals surface area (Å²) in [5, 5.41) is 0.618. The number of nitrogens with zero attached hydrogens (tertiary/aromatic N) is 1. The minimum Gasteiger partial charge on any atom is -0.443 e. The summed E-state index contributed by atoms with van der Waals surface area (Å²) < 4.78 is 16.0. The van der Waals surface area contributed by atoms with Gasteiger partial charge in [0.05, 0.1) is 0 Å². The Balaban J connectivity index is 2.45. The van der Waals surface area contributed by atoms with Gasteiger partial charge in [0.25, 0.3) is 0 Å². The first-order valence-electron chi connectivity index (χ1n) is 10.1. The molecule has 0 aromatic heterocycles. The Bertz CT molecular complexity index is 840. The predicted octanol–water partition coefficient (Wildman–Crippen LogP) is 3.76. The van der Waals surface area contributed by atoms with Crippen molar-refractivity contribution in [1.29, 1.82) is 0 Å². The van der Waals surface area contributed by atoms with E-state index >= 15 is 0 Å². The average Bonchev–Trinajstić information content (AvgIpc) is 2.99. The van der Waals surface area contributed by atoms with E-state index in [4.69, 9.17) is 14.2 Å². The van der Waals surface area contributed by atoms with Gasteiger partial charge in [-0.25, -0.2) is 19.8 Å². The lowest BCUT2D eigenvalue weighted by Gasteiger charge is -2.38. The fourth-order valence-electron chi connectivity index (χ4n) is 3.07. The molecule has 0 bridgehead atoms. The summed E-state index contributed by atoms with van der Waals surface area (Å²) in [6, 6.07) is 8.16. The van der Waals surface area contributed by atoms with E-state index in [0.29, 0.717) is 11.4 Å². The van der Waals surface area contributed by atoms with Crippen molar-refractivity contribution in [1.82, 2.24) is 10.4 Å². The third-order valence-corrected chi connectivity index (χ3v) is 4.25. The molecule has 1 unspecified atom stereocenters. The fraction of sp³-hybridized carbons (Fsp3) is 0.545. The van der Waals surface area contributed by atoms with E-state index in [2.05, 4.69) is 5.43 Å². The number of Topliss-reactive ketones (excluding diaryl/α,β-unsaturated/α-hetero) is 1. The second-order valence-electron chi connectivity index (χ2n) is 9.27. The normalized spacial score (nSPS) is 18.8. The molecular weight excluding hydrogens is 404 g/mol. The van der Waals surface area contributed by atoms with Gasteiger partial charge in [-0.2, -0.15) is 5.01 Å². The van der Waals surface area contributed by atoms with Gasteiger partial charge < -0.3 is 14.2 Å². The van der Waals surface area contributed by atoms with Gasteiger partial charge in [0.15, 0.2) is 5.78 Å². The Hall–Kier alpha value is -3.10. The highest BCUT2D eigenvalue weighted by atomic mass is 16.6. The quantitative estimate of drug-likeness (QED) is 0.334. The predicted molar refractivity (Wildman–Crippen MR) is 111 cm³/mol. The van der Waals surface area contributed by atoms with Crippen LogP contribution in [0.25, 0.3) is 0 Å². The molecule has 9 heteroatoms. The number of hydrogen-bond acceptors (Lipinski definition) is 7. The number of ether oxygens (including phenoxy) is 3. The fourth-order valence-corrected chi connectivity index (χ4v) is 3.07. The molecule has 1 aliphatic rings. The molecule has 2 rings (SSSR count). The highest BCUT2D eigenvalue weighted by Gasteiger charge is 2.59. The highest BCUT2D eigenvalue weighted by molar-refractivity contribution is 6.12. The van der Waals surface area contributed by atoms with Gasteiger partial charge in [-0.15, -0.1) is 0 Å². The highest BCUT2D eigenvalue weighted by Crippen LogP contribution is 2.34. The molecule has 170 valence electrons. The van der Waals surface area contributed by atoms with Crippen molar-refractivity contribution in [3.8, 4) is 5.75 Å². The number of esters is 1. The molecule has 1 aliphatic carbocycles. The third kappa shape index (κ3) is 6.19. The smallest absolute Gasteiger partial charge is 0.430 e. The number of carbonyl (C=O) groups is 4. The van der Waals surface area contributed by atoms with Crippen molar-refractivity contribution in [2.75, 3.05) is 0 Å². The molecule has 0 aliphatic heterocycles. The number of hydrazine groups is 1. The summed E-state index contributed by atoms with van der Waals surface area (Å²) in [6.07, 6.45) is -1.74. The number of nitrogens with one attached hydrogen (secondary N) is 1. The van der Waals surface area contributed by atoms with E-state index < -0.39 is 40.7 Å². The summed E-state index contributed by atoms with van der Waals surface area (Å²) in [5.74, 6) is -1.34. The van der Waals surface area contributed by atoms with E-state index in [9.17, 15) is 19.2 Å². The molecular formula is C22H30N2O7. The van der Waals surface area contributed by atoms with E-state index in [1.165, 1.54) is 0 Å². The lowest BCUT2D eigenvalue weighted by Crippen LogP contribution is -2.67. The van der Waals surface area contributed by atoms with Crippen molar-refractivity contribution < 1.29 is 33.4 Å². The molecule has 1 aromatic rings. The Morgan fingerprint density at radius 1 is 0.968 bits per heavy atom. The second-order valence-corrected chi connectivity index (χ2v) is 9.27. The maximum atomic E-state index is 13.2. The number of hydrogen-bond donors (Lipinski definition) is 1. The zero-order valence-electron chi connectivity index (χ0n) is 18.8. The van der Waals surface area contributed by atoms with Crippen molar-refractivity contribution in [3.05, 3.63) is 30.3 Å². The monoisotopic (exact) mass is 434 g/mol. The SMILES string of the molecule is CC(C)(C)OC(=O)NN(C(=O)OC(C)(C)C)C1(C(=O)Oc2ccccc2)CCCC1=O. The molecule has 1 aromatic carbocycles. The number of ketones is 1. The number of benzene rings is 1. The molecule has 1 saturated carbocycles. The Morgan fingerprint density at radius 3 is 2.03 bits per heavy atom. The standard InChI is InChI=1S/C22H30N2O7/c1-20(2,3)30-18(27)23-24(19(28)31-21(4,5)6)22(14-10-13-16(22)25)17(26)29-15-11-8-7-9-12-15/h7-9,11-12H,10,13-14H2,1-6H3,(H,23,27). The minimum absolute atomic E-state index is 0.0352. The average molecular weight is 434 g/mol. The van der Waals surface area contributed by atoms with Gasteiger partial charge in [0.2, 0.25) is 5.54 Å². The largest absolute Gasteiger partial charge is 0.443 e. The van der Waals surface area contributed by atoms with Crippen LogP contribution in [0.2, 0.25) is 0 Å². The van der Waals surface area contributed by atoms with Crippen molar-refractivity contribution >= 4 is 23.9 Å². The molecule has 31 heavy (non-hydrogen) atoms. The molecule has 2 amide bonds. The summed E-state index contributed by atoms with van der Waals surface area (Å²) in [7, 11) is 0. The van der Waals surface area contributed by atoms with Crippen molar-refractivity contribution in [3.63, 3.8) is 0 Å². The van der Waals surface area contributed by atoms with E-state index in [0.717, 1.165) is 0 Å². The Labute approximate surface area is 182 Å². The van der Waals surface area contributed by atoms with Crippen LogP contribution < -0.4 is 10.2 Å². The number of carbonyl (C=O) groups excluding carboxylic acids is 4. The molecule has 1 atom stereocenters. The van der Waals surface area contributed by atoms with Crippen LogP contribution >= 0.6 is 0 Å². The first kappa shape index (κ1) is 24.2. The van der Waals surface area contributed by atoms with Crippen LogP contribution in [-0.2, 0) is 19.1 Å². The second kappa shape index (κ2) is 8.95. The van der Waals surface area contributed by atoms with Gasteiger partial charge in [0.1, 0.15) is 17.0 Å². The van der Waals surface area contributed by atoms with Crippen LogP contribution in [-0.4, -0.2) is 45.7 Å². The van der Waals surface area contributed by atoms with E-state index in [1.807, 2.05) is 0 Å². The van der Waals surface area contributed by atoms with E-state index in [-0.39, 0.29) is 18.6 Å². The Morgan fingerprint density at radius 2 is 1.55 bits per heavy atom. The van der Waals surface area contributed by atoms with Crippen LogP contribution in [0.3, 0.4) is 0 Å². The molecule has 9 nitrogen and oxygen atoms in total. The zero-order chi connectivity index (χ0) is 23.4. The summed E-state index contributed by atoms with van der Waals surface area (Å²) in [6.45, 7) is 9.81. The van der Waals surface area contributed by atoms with Crippen LogP contribution in [0.5, 0.6) is 5.75 Å². The van der Waals surface area contributed by atoms with Gasteiger partial charge in [-0.05, 0) is 66.5 Å². The van der Waals surface area contributed by atoms with Gasteiger partial charge in [0, 0.05) is 6.42 Å². The third-order valence-electron chi connectivity index (χ3n) is 4.25. The van der Waals surface area contributed by atoms with Crippen molar-refractivity contribution in [2.24, 2.45) is 0 Å². The van der Waals surface area contributed by atoms with Crippen LogP contribution in [0.15, 0.2) is 30.3 Å². The number of rotatable bonds is 3. The van der Waals surface area contributed by atoms with Crippen LogP contribution in [0.4, 0.5) is 9.59 Å². The summed E-state index contributed by atoms with van der Waals surface area (Å²) in [5.41, 5.74) is -1.64. The maximum Gasteiger partial charge on any atom is 0.430 e. The lowest BCUT2D eigenvalue weighted by atomic mass is 9.95. The topological polar surface area (TPSA) is 111 Å². The molecule has 1 N–H and O–H groups in total. The van der Waals surface area contributed by atoms with E-state index in [1.54, 1.807) is 71.9 Å². The van der Waals surface area contributed by atoms with Gasteiger partial charge >= 0.3 is 18.2 Å². The Kier molecular flexibility index (Phi) is 6.98. The minimum atomic E-state index is -2.07. The molecule has 1 fully saturated rings. The first-order valence-corrected chi connectivity index (χ1v) is 10.1. The number of amides is 2. The molecule has 0 radical (unpaired) electrons. The van der Waals surface area contributed by atoms with Crippen molar-refractivity contribution in [2.45, 2.75) is 77.5 Å². The number of para-hydroxylation sites is 1. The maximum absolute atomic E-state index is 13.2. The van der Waals surface area contributed by atoms with Gasteiger partial charge in [-0.1, -0.05) is 18.2 Å². The molecule has 0 spiro atoms. The molecule has 0 saturated heterocycles. The van der Waals surface area contributed by atoms with Gasteiger partial charge in [-0.3, -0.25) is 4.79 Å². The summed E-state index contributed by atoms with van der Waals surface area (Å²) >= 11 is 0.